The predicted molar refractivity (Wildman–Crippen MR) is 100 cm³/mol. The van der Waals surface area contributed by atoms with E-state index in [1.54, 1.807) is 12.3 Å². The number of piperazine rings is 1. The Morgan fingerprint density at radius 2 is 1.76 bits per heavy atom. The molecule has 7 nitrogen and oxygen atoms in total. The van der Waals surface area contributed by atoms with E-state index in [-0.39, 0.29) is 5.91 Å². The number of nitrogens with one attached hydrogen (secondary N) is 1. The molecule has 1 fully saturated rings. The van der Waals surface area contributed by atoms with E-state index >= 15 is 0 Å². The zero-order valence-corrected chi connectivity index (χ0v) is 14.9. The van der Waals surface area contributed by atoms with Crippen molar-refractivity contribution in [2.75, 3.05) is 62.4 Å². The first-order valence-corrected chi connectivity index (χ1v) is 8.38. The molecule has 0 bridgehead atoms. The molecular weight excluding hydrogens is 316 g/mol. The summed E-state index contributed by atoms with van der Waals surface area (Å²) in [7, 11) is 6.06. The predicted octanol–water partition coefficient (Wildman–Crippen LogP) is 1.55. The molecule has 1 aromatic heterocycles. The maximum Gasteiger partial charge on any atom is 0.274 e. The second-order valence-corrected chi connectivity index (χ2v) is 6.43. The Kier molecular flexibility index (Phi) is 5.14. The molecule has 0 radical (unpaired) electrons. The molecule has 1 saturated heterocycles. The summed E-state index contributed by atoms with van der Waals surface area (Å²) >= 11 is 0. The van der Waals surface area contributed by atoms with Crippen LogP contribution in [0.1, 0.15) is 10.5 Å². The Balaban J connectivity index is 1.68. The molecule has 0 atom stereocenters. The van der Waals surface area contributed by atoms with Gasteiger partial charge in [-0.15, -0.1) is 0 Å². The van der Waals surface area contributed by atoms with Crippen LogP contribution in [0.15, 0.2) is 36.5 Å². The number of hydrogen-bond acceptors (Lipinski definition) is 6. The monoisotopic (exact) mass is 340 g/mol. The van der Waals surface area contributed by atoms with Crippen molar-refractivity contribution >= 4 is 23.2 Å². The molecule has 25 heavy (non-hydrogen) atoms. The number of likely N-dealkylation sites (N-methyl/N-ethyl adjacent to an activating group) is 1. The molecular formula is C18H24N6O. The lowest BCUT2D eigenvalue weighted by Crippen LogP contribution is -2.45. The number of carbonyl (C=O) groups excluding carboxylic acids is 1. The average Bonchev–Trinajstić information content (AvgIpc) is 2.63. The van der Waals surface area contributed by atoms with E-state index in [1.165, 1.54) is 0 Å². The Bertz CT molecular complexity index is 723. The first kappa shape index (κ1) is 17.2. The van der Waals surface area contributed by atoms with Crippen molar-refractivity contribution < 1.29 is 4.79 Å². The lowest BCUT2D eigenvalue weighted by molar-refractivity contribution is 0.102. The van der Waals surface area contributed by atoms with Crippen LogP contribution in [0.4, 0.5) is 17.3 Å². The molecule has 1 aromatic carbocycles. The topological polar surface area (TPSA) is 64.6 Å². The van der Waals surface area contributed by atoms with Crippen LogP contribution in [-0.4, -0.2) is 68.1 Å². The normalized spacial score (nSPS) is 15.1. The van der Waals surface area contributed by atoms with Gasteiger partial charge in [0, 0.05) is 57.8 Å². The van der Waals surface area contributed by atoms with Gasteiger partial charge in [-0.2, -0.15) is 0 Å². The minimum atomic E-state index is -0.226. The highest BCUT2D eigenvalue weighted by atomic mass is 16.1. The fraction of sp³-hybridized carbons (Fsp3) is 0.389. The maximum absolute atomic E-state index is 12.5. The van der Waals surface area contributed by atoms with Crippen LogP contribution in [-0.2, 0) is 0 Å². The molecule has 0 aliphatic carbocycles. The van der Waals surface area contributed by atoms with E-state index in [2.05, 4.69) is 32.1 Å². The highest BCUT2D eigenvalue weighted by Crippen LogP contribution is 2.17. The summed E-state index contributed by atoms with van der Waals surface area (Å²) in [4.78, 5) is 27.6. The summed E-state index contributed by atoms with van der Waals surface area (Å²) in [6.07, 6.45) is 1.64. The number of nitrogens with zero attached hydrogens (tertiary/aromatic N) is 5. The van der Waals surface area contributed by atoms with Gasteiger partial charge in [-0.05, 0) is 37.4 Å². The summed E-state index contributed by atoms with van der Waals surface area (Å²) < 4.78 is 0. The lowest BCUT2D eigenvalue weighted by Gasteiger charge is -2.32. The molecule has 3 rings (SSSR count). The van der Waals surface area contributed by atoms with E-state index in [0.29, 0.717) is 11.6 Å². The van der Waals surface area contributed by atoms with Gasteiger partial charge in [-0.1, -0.05) is 0 Å². The van der Waals surface area contributed by atoms with Crippen LogP contribution >= 0.6 is 0 Å². The average molecular weight is 340 g/mol. The number of aromatic nitrogens is 2. The number of amides is 1. The molecule has 132 valence electrons. The fourth-order valence-corrected chi connectivity index (χ4v) is 2.67. The molecule has 1 amide bonds. The zero-order chi connectivity index (χ0) is 17.8. The third-order valence-corrected chi connectivity index (χ3v) is 4.30. The number of anilines is 3. The lowest BCUT2D eigenvalue weighted by atomic mass is 10.2. The van der Waals surface area contributed by atoms with Crippen molar-refractivity contribution in [2.24, 2.45) is 0 Å². The van der Waals surface area contributed by atoms with E-state index in [4.69, 9.17) is 0 Å². The van der Waals surface area contributed by atoms with E-state index < -0.39 is 0 Å². The molecule has 0 unspecified atom stereocenters. The SMILES string of the molecule is CN1CCN(c2nccc(C(=O)Nc3ccc(N(C)C)cc3)n2)CC1. The highest BCUT2D eigenvalue weighted by molar-refractivity contribution is 6.03. The van der Waals surface area contributed by atoms with Gasteiger partial charge in [-0.3, -0.25) is 4.79 Å². The third-order valence-electron chi connectivity index (χ3n) is 4.30. The van der Waals surface area contributed by atoms with Crippen LogP contribution in [0.3, 0.4) is 0 Å². The molecule has 2 aromatic rings. The van der Waals surface area contributed by atoms with Gasteiger partial charge in [0.05, 0.1) is 0 Å². The number of benzene rings is 1. The largest absolute Gasteiger partial charge is 0.378 e. The Hall–Kier alpha value is -2.67. The third kappa shape index (κ3) is 4.24. The van der Waals surface area contributed by atoms with Gasteiger partial charge in [0.15, 0.2) is 0 Å². The van der Waals surface area contributed by atoms with Crippen molar-refractivity contribution in [3.63, 3.8) is 0 Å². The van der Waals surface area contributed by atoms with Crippen LogP contribution in [0, 0.1) is 0 Å². The maximum atomic E-state index is 12.5. The Labute approximate surface area is 148 Å². The summed E-state index contributed by atoms with van der Waals surface area (Å²) in [6, 6.07) is 9.34. The Morgan fingerprint density at radius 1 is 1.08 bits per heavy atom. The van der Waals surface area contributed by atoms with E-state index in [0.717, 1.165) is 37.6 Å². The van der Waals surface area contributed by atoms with Crippen molar-refractivity contribution in [1.82, 2.24) is 14.9 Å². The van der Waals surface area contributed by atoms with Crippen molar-refractivity contribution in [1.29, 1.82) is 0 Å². The van der Waals surface area contributed by atoms with Crippen LogP contribution in [0.2, 0.25) is 0 Å². The second-order valence-electron chi connectivity index (χ2n) is 6.43. The minimum absolute atomic E-state index is 0.226. The summed E-state index contributed by atoms with van der Waals surface area (Å²) in [5.41, 5.74) is 2.20. The summed E-state index contributed by atoms with van der Waals surface area (Å²) in [6.45, 7) is 3.68. The summed E-state index contributed by atoms with van der Waals surface area (Å²) in [5, 5.41) is 2.89. The van der Waals surface area contributed by atoms with E-state index in [1.807, 2.05) is 43.3 Å². The van der Waals surface area contributed by atoms with Gasteiger partial charge in [-0.25, -0.2) is 9.97 Å². The molecule has 1 aliphatic rings. The van der Waals surface area contributed by atoms with Crippen molar-refractivity contribution in [2.45, 2.75) is 0 Å². The van der Waals surface area contributed by atoms with Crippen LogP contribution in [0.25, 0.3) is 0 Å². The molecule has 1 N–H and O–H groups in total. The summed E-state index contributed by atoms with van der Waals surface area (Å²) in [5.74, 6) is 0.388. The Morgan fingerprint density at radius 3 is 2.40 bits per heavy atom. The molecule has 1 aliphatic heterocycles. The standard InChI is InChI=1S/C18H24N6O/c1-22(2)15-6-4-14(5-7-15)20-17(25)16-8-9-19-18(21-16)24-12-10-23(3)11-13-24/h4-9H,10-13H2,1-3H3,(H,20,25). The molecule has 2 heterocycles. The van der Waals surface area contributed by atoms with Crippen molar-refractivity contribution in [3.05, 3.63) is 42.2 Å². The van der Waals surface area contributed by atoms with Crippen LogP contribution in [0.5, 0.6) is 0 Å². The number of carbonyl (C=O) groups is 1. The van der Waals surface area contributed by atoms with Gasteiger partial charge in [0.2, 0.25) is 5.95 Å². The molecule has 0 spiro atoms. The van der Waals surface area contributed by atoms with Crippen LogP contribution < -0.4 is 15.1 Å². The first-order valence-electron chi connectivity index (χ1n) is 8.38. The van der Waals surface area contributed by atoms with E-state index in [9.17, 15) is 4.79 Å². The van der Waals surface area contributed by atoms with Gasteiger partial charge in [0.1, 0.15) is 5.69 Å². The van der Waals surface area contributed by atoms with Gasteiger partial charge in [0.25, 0.3) is 5.91 Å². The van der Waals surface area contributed by atoms with Gasteiger partial charge < -0.3 is 20.0 Å². The first-order chi connectivity index (χ1) is 12.0. The molecule has 7 heteroatoms. The number of hydrogen-bond donors (Lipinski definition) is 1. The van der Waals surface area contributed by atoms with Crippen molar-refractivity contribution in [3.8, 4) is 0 Å². The quantitative estimate of drug-likeness (QED) is 0.911. The minimum Gasteiger partial charge on any atom is -0.378 e. The smallest absolute Gasteiger partial charge is 0.274 e. The molecule has 0 saturated carbocycles. The van der Waals surface area contributed by atoms with Gasteiger partial charge >= 0.3 is 0 Å². The zero-order valence-electron chi connectivity index (χ0n) is 14.9. The fourth-order valence-electron chi connectivity index (χ4n) is 2.67. The number of rotatable bonds is 4. The highest BCUT2D eigenvalue weighted by Gasteiger charge is 2.18. The second kappa shape index (κ2) is 7.48.